The van der Waals surface area contributed by atoms with E-state index in [0.29, 0.717) is 19.0 Å². The number of carbonyl (C=O) groups is 1. The van der Waals surface area contributed by atoms with Crippen molar-refractivity contribution in [3.05, 3.63) is 71.0 Å². The first-order valence-electron chi connectivity index (χ1n) is 8.13. The largest absolute Gasteiger partial charge is 0.463 e. The second kappa shape index (κ2) is 10.1. The van der Waals surface area contributed by atoms with E-state index in [1.165, 1.54) is 11.5 Å². The maximum absolute atomic E-state index is 13.6. The van der Waals surface area contributed by atoms with E-state index < -0.39 is 0 Å². The summed E-state index contributed by atoms with van der Waals surface area (Å²) in [6.07, 6.45) is 2.26. The average molecular weight is 346 g/mol. The van der Waals surface area contributed by atoms with Crippen LogP contribution in [0.4, 0.5) is 4.39 Å². The molecule has 0 unspecified atom stereocenters. The Balaban J connectivity index is 0.000000185. The average Bonchev–Trinajstić information content (AvgIpc) is 2.62. The number of halogens is 1. The van der Waals surface area contributed by atoms with E-state index in [2.05, 4.69) is 4.74 Å². The van der Waals surface area contributed by atoms with E-state index in [1.54, 1.807) is 6.07 Å². The van der Waals surface area contributed by atoms with Crippen LogP contribution in [0, 0.1) is 12.7 Å². The SMILES string of the molecule is Cc1ccc(C2CCSCC2)c(F)c1.O=COCc1ccccc1. The summed E-state index contributed by atoms with van der Waals surface area (Å²) >= 11 is 1.98. The summed E-state index contributed by atoms with van der Waals surface area (Å²) in [6, 6.07) is 15.2. The monoisotopic (exact) mass is 346 g/mol. The minimum Gasteiger partial charge on any atom is -0.463 e. The number of hydrogen-bond donors (Lipinski definition) is 0. The Labute approximate surface area is 147 Å². The molecule has 0 bridgehead atoms. The Hall–Kier alpha value is -1.81. The lowest BCUT2D eigenvalue weighted by Gasteiger charge is -2.22. The number of thioether (sulfide) groups is 1. The first-order valence-corrected chi connectivity index (χ1v) is 9.29. The van der Waals surface area contributed by atoms with Crippen molar-refractivity contribution in [2.45, 2.75) is 32.3 Å². The molecule has 1 aliphatic heterocycles. The van der Waals surface area contributed by atoms with Gasteiger partial charge in [-0.05, 0) is 59.9 Å². The molecule has 128 valence electrons. The maximum atomic E-state index is 13.6. The molecule has 1 heterocycles. The lowest BCUT2D eigenvalue weighted by atomic mass is 9.92. The van der Waals surface area contributed by atoms with Gasteiger partial charge in [-0.25, -0.2) is 4.39 Å². The minimum atomic E-state index is -0.0121. The zero-order valence-electron chi connectivity index (χ0n) is 13.9. The number of benzene rings is 2. The van der Waals surface area contributed by atoms with Gasteiger partial charge in [-0.1, -0.05) is 42.5 Å². The van der Waals surface area contributed by atoms with Crippen molar-refractivity contribution in [2.75, 3.05) is 11.5 Å². The third-order valence-electron chi connectivity index (χ3n) is 3.98. The van der Waals surface area contributed by atoms with Crippen LogP contribution < -0.4 is 0 Å². The van der Waals surface area contributed by atoms with Crippen LogP contribution in [0.5, 0.6) is 0 Å². The number of hydrogen-bond acceptors (Lipinski definition) is 3. The number of aryl methyl sites for hydroxylation is 1. The molecule has 0 amide bonds. The molecule has 1 fully saturated rings. The molecule has 1 saturated heterocycles. The topological polar surface area (TPSA) is 26.3 Å². The number of ether oxygens (including phenoxy) is 1. The summed E-state index contributed by atoms with van der Waals surface area (Å²) < 4.78 is 18.2. The van der Waals surface area contributed by atoms with Gasteiger partial charge in [0.05, 0.1) is 0 Å². The summed E-state index contributed by atoms with van der Waals surface area (Å²) in [6.45, 7) is 2.75. The second-order valence-corrected chi connectivity index (χ2v) is 7.03. The highest BCUT2D eigenvalue weighted by atomic mass is 32.2. The highest BCUT2D eigenvalue weighted by molar-refractivity contribution is 7.99. The van der Waals surface area contributed by atoms with Gasteiger partial charge in [0.1, 0.15) is 12.4 Å². The fraction of sp³-hybridized carbons (Fsp3) is 0.350. The van der Waals surface area contributed by atoms with Gasteiger partial charge in [-0.2, -0.15) is 11.8 Å². The minimum absolute atomic E-state index is 0.0121. The summed E-state index contributed by atoms with van der Waals surface area (Å²) in [4.78, 5) is 9.76. The Bertz CT molecular complexity index is 625. The Morgan fingerprint density at radius 2 is 1.88 bits per heavy atom. The summed E-state index contributed by atoms with van der Waals surface area (Å²) in [5, 5.41) is 0. The molecular weight excluding hydrogens is 323 g/mol. The zero-order valence-corrected chi connectivity index (χ0v) is 14.7. The molecule has 4 heteroatoms. The molecule has 2 aromatic carbocycles. The molecule has 0 N–H and O–H groups in total. The lowest BCUT2D eigenvalue weighted by molar-refractivity contribution is -0.129. The van der Waals surface area contributed by atoms with Crippen LogP contribution in [0.3, 0.4) is 0 Å². The van der Waals surface area contributed by atoms with Gasteiger partial charge in [0.15, 0.2) is 0 Å². The van der Waals surface area contributed by atoms with Crippen molar-refractivity contribution in [3.8, 4) is 0 Å². The summed E-state index contributed by atoms with van der Waals surface area (Å²) in [5.74, 6) is 2.80. The van der Waals surface area contributed by atoms with Gasteiger partial charge in [-0.3, -0.25) is 4.79 Å². The highest BCUT2D eigenvalue weighted by Crippen LogP contribution is 2.32. The van der Waals surface area contributed by atoms with E-state index >= 15 is 0 Å². The van der Waals surface area contributed by atoms with Crippen LogP contribution >= 0.6 is 11.8 Å². The van der Waals surface area contributed by atoms with E-state index in [0.717, 1.165) is 29.5 Å². The van der Waals surface area contributed by atoms with Gasteiger partial charge in [-0.15, -0.1) is 0 Å². The van der Waals surface area contributed by atoms with Crippen LogP contribution in [0.1, 0.15) is 35.4 Å². The molecule has 24 heavy (non-hydrogen) atoms. The Morgan fingerprint density at radius 1 is 1.17 bits per heavy atom. The van der Waals surface area contributed by atoms with Crippen LogP contribution in [0.2, 0.25) is 0 Å². The molecule has 0 aromatic heterocycles. The van der Waals surface area contributed by atoms with Crippen molar-refractivity contribution in [2.24, 2.45) is 0 Å². The number of rotatable bonds is 4. The van der Waals surface area contributed by atoms with E-state index in [9.17, 15) is 9.18 Å². The van der Waals surface area contributed by atoms with Crippen molar-refractivity contribution < 1.29 is 13.9 Å². The van der Waals surface area contributed by atoms with Crippen molar-refractivity contribution >= 4 is 18.2 Å². The van der Waals surface area contributed by atoms with E-state index in [-0.39, 0.29) is 5.82 Å². The van der Waals surface area contributed by atoms with Crippen LogP contribution in [0.25, 0.3) is 0 Å². The normalized spacial score (nSPS) is 14.4. The third-order valence-corrected chi connectivity index (χ3v) is 5.03. The second-order valence-electron chi connectivity index (χ2n) is 5.80. The summed E-state index contributed by atoms with van der Waals surface area (Å²) in [7, 11) is 0. The predicted octanol–water partition coefficient (Wildman–Crippen LogP) is 5.10. The molecule has 0 aliphatic carbocycles. The van der Waals surface area contributed by atoms with Crippen LogP contribution in [-0.4, -0.2) is 18.0 Å². The Kier molecular flexibility index (Phi) is 7.83. The molecule has 0 radical (unpaired) electrons. The highest BCUT2D eigenvalue weighted by Gasteiger charge is 2.18. The van der Waals surface area contributed by atoms with Crippen molar-refractivity contribution in [1.29, 1.82) is 0 Å². The van der Waals surface area contributed by atoms with Gasteiger partial charge >= 0.3 is 0 Å². The molecule has 2 aromatic rings. The van der Waals surface area contributed by atoms with Gasteiger partial charge < -0.3 is 4.74 Å². The molecule has 2 nitrogen and oxygen atoms in total. The van der Waals surface area contributed by atoms with Crippen LogP contribution in [0.15, 0.2) is 48.5 Å². The molecule has 0 spiro atoms. The Morgan fingerprint density at radius 3 is 2.50 bits per heavy atom. The standard InChI is InChI=1S/C12H15FS.C8H8O2/c1-9-2-3-11(12(13)8-9)10-4-6-14-7-5-10;9-7-10-6-8-4-2-1-3-5-8/h2-3,8,10H,4-7H2,1H3;1-5,7H,6H2. The van der Waals surface area contributed by atoms with Crippen LogP contribution in [-0.2, 0) is 16.1 Å². The molecule has 0 atom stereocenters. The smallest absolute Gasteiger partial charge is 0.293 e. The van der Waals surface area contributed by atoms with Gasteiger partial charge in [0.25, 0.3) is 6.47 Å². The van der Waals surface area contributed by atoms with E-state index in [4.69, 9.17) is 0 Å². The molecule has 1 aliphatic rings. The fourth-order valence-electron chi connectivity index (χ4n) is 2.68. The van der Waals surface area contributed by atoms with E-state index in [1.807, 2.05) is 61.2 Å². The third kappa shape index (κ3) is 6.00. The first-order chi connectivity index (χ1) is 11.7. The van der Waals surface area contributed by atoms with Gasteiger partial charge in [0, 0.05) is 0 Å². The zero-order chi connectivity index (χ0) is 17.2. The summed E-state index contributed by atoms with van der Waals surface area (Å²) in [5.41, 5.74) is 2.95. The first kappa shape index (κ1) is 18.5. The van der Waals surface area contributed by atoms with Crippen molar-refractivity contribution in [1.82, 2.24) is 0 Å². The van der Waals surface area contributed by atoms with Crippen molar-refractivity contribution in [3.63, 3.8) is 0 Å². The quantitative estimate of drug-likeness (QED) is 0.720. The molecule has 3 rings (SSSR count). The maximum Gasteiger partial charge on any atom is 0.293 e. The predicted molar refractivity (Wildman–Crippen MR) is 97.7 cm³/mol. The fourth-order valence-corrected chi connectivity index (χ4v) is 3.78. The number of carbonyl (C=O) groups excluding carboxylic acids is 1. The van der Waals surface area contributed by atoms with Gasteiger partial charge in [0.2, 0.25) is 0 Å². The molecular formula is C20H23FO2S. The lowest BCUT2D eigenvalue weighted by Crippen LogP contribution is -2.09. The molecule has 0 saturated carbocycles.